The molecule has 10 heteroatoms. The van der Waals surface area contributed by atoms with Crippen molar-refractivity contribution in [2.24, 2.45) is 0 Å². The average molecular weight is 326 g/mol. The standard InChI is InChI=1S/C12H22O10/c13-3-11(19)9(17)5(15)1-7(21-11)8-2-6(16)10(18)12(20,4-14)22-8/h5-10,13-20H,1-4H2/t5-,6+,7-,8-,9+,10-,11?,12?/m1/s1. The van der Waals surface area contributed by atoms with E-state index < -0.39 is 61.4 Å². The van der Waals surface area contributed by atoms with Crippen molar-refractivity contribution in [1.82, 2.24) is 0 Å². The predicted molar refractivity (Wildman–Crippen MR) is 67.1 cm³/mol. The van der Waals surface area contributed by atoms with Crippen LogP contribution in [0, 0.1) is 0 Å². The van der Waals surface area contributed by atoms with E-state index >= 15 is 0 Å². The first-order valence-corrected chi connectivity index (χ1v) is 6.91. The summed E-state index contributed by atoms with van der Waals surface area (Å²) in [5.41, 5.74) is 0. The minimum atomic E-state index is -2.43. The summed E-state index contributed by atoms with van der Waals surface area (Å²) < 4.78 is 10.3. The van der Waals surface area contributed by atoms with Crippen molar-refractivity contribution < 1.29 is 50.3 Å². The molecule has 2 aliphatic rings. The maximum absolute atomic E-state index is 9.96. The predicted octanol–water partition coefficient (Wildman–Crippen LogP) is -4.63. The number of aliphatic hydroxyl groups is 8. The Morgan fingerprint density at radius 2 is 1.05 bits per heavy atom. The van der Waals surface area contributed by atoms with Gasteiger partial charge in [-0.05, 0) is 0 Å². The Morgan fingerprint density at radius 1 is 0.727 bits per heavy atom. The molecular formula is C12H22O10. The first kappa shape index (κ1) is 17.9. The number of aliphatic hydroxyl groups excluding tert-OH is 6. The van der Waals surface area contributed by atoms with E-state index in [9.17, 15) is 30.6 Å². The first-order valence-electron chi connectivity index (χ1n) is 6.91. The zero-order chi connectivity index (χ0) is 16.7. The number of ether oxygens (including phenoxy) is 2. The fraction of sp³-hybridized carbons (Fsp3) is 1.00. The van der Waals surface area contributed by atoms with Gasteiger partial charge in [-0.25, -0.2) is 0 Å². The second-order valence-corrected chi connectivity index (χ2v) is 5.81. The highest BCUT2D eigenvalue weighted by molar-refractivity contribution is 4.97. The molecule has 0 aliphatic carbocycles. The van der Waals surface area contributed by atoms with Crippen molar-refractivity contribution >= 4 is 0 Å². The highest BCUT2D eigenvalue weighted by atomic mass is 16.7. The third kappa shape index (κ3) is 2.99. The zero-order valence-electron chi connectivity index (χ0n) is 11.7. The molecule has 2 saturated heterocycles. The summed E-state index contributed by atoms with van der Waals surface area (Å²) >= 11 is 0. The van der Waals surface area contributed by atoms with Crippen LogP contribution < -0.4 is 0 Å². The molecule has 0 amide bonds. The third-order valence-electron chi connectivity index (χ3n) is 4.18. The second kappa shape index (κ2) is 6.24. The van der Waals surface area contributed by atoms with Crippen molar-refractivity contribution in [1.29, 1.82) is 0 Å². The molecule has 130 valence electrons. The van der Waals surface area contributed by atoms with Crippen LogP contribution in [0.4, 0.5) is 0 Å². The summed E-state index contributed by atoms with van der Waals surface area (Å²) in [6.07, 6.45) is -8.99. The highest BCUT2D eigenvalue weighted by Gasteiger charge is 2.54. The van der Waals surface area contributed by atoms with Crippen molar-refractivity contribution in [2.75, 3.05) is 13.2 Å². The van der Waals surface area contributed by atoms with Crippen LogP contribution in [-0.2, 0) is 9.47 Å². The fourth-order valence-electron chi connectivity index (χ4n) is 2.81. The van der Waals surface area contributed by atoms with Gasteiger partial charge in [0.1, 0.15) is 12.2 Å². The molecule has 2 rings (SSSR count). The Bertz CT molecular complexity index is 358. The molecule has 8 atom stereocenters. The molecule has 0 aromatic carbocycles. The number of rotatable bonds is 3. The maximum atomic E-state index is 9.96. The third-order valence-corrected chi connectivity index (χ3v) is 4.18. The highest BCUT2D eigenvalue weighted by Crippen LogP contribution is 2.36. The minimum Gasteiger partial charge on any atom is -0.391 e. The van der Waals surface area contributed by atoms with Crippen molar-refractivity contribution in [3.63, 3.8) is 0 Å². The quantitative estimate of drug-likeness (QED) is 0.251. The van der Waals surface area contributed by atoms with Crippen molar-refractivity contribution in [2.45, 2.75) is 61.0 Å². The van der Waals surface area contributed by atoms with Crippen molar-refractivity contribution in [3.05, 3.63) is 0 Å². The van der Waals surface area contributed by atoms with Crippen LogP contribution in [0.1, 0.15) is 12.8 Å². The molecule has 8 N–H and O–H groups in total. The lowest BCUT2D eigenvalue weighted by Gasteiger charge is -2.49. The summed E-state index contributed by atoms with van der Waals surface area (Å²) in [6.45, 7) is -1.99. The molecule has 2 fully saturated rings. The van der Waals surface area contributed by atoms with Gasteiger partial charge in [-0.2, -0.15) is 0 Å². The first-order chi connectivity index (χ1) is 10.2. The van der Waals surface area contributed by atoms with Gasteiger partial charge in [-0.3, -0.25) is 0 Å². The van der Waals surface area contributed by atoms with Gasteiger partial charge < -0.3 is 50.3 Å². The average Bonchev–Trinajstić information content (AvgIpc) is 2.49. The van der Waals surface area contributed by atoms with Crippen LogP contribution in [0.3, 0.4) is 0 Å². The van der Waals surface area contributed by atoms with E-state index in [4.69, 9.17) is 19.7 Å². The molecule has 10 nitrogen and oxygen atoms in total. The second-order valence-electron chi connectivity index (χ2n) is 5.81. The van der Waals surface area contributed by atoms with Crippen LogP contribution in [0.25, 0.3) is 0 Å². The normalized spacial score (nSPS) is 53.5. The minimum absolute atomic E-state index is 0.210. The van der Waals surface area contributed by atoms with Gasteiger partial charge in [-0.15, -0.1) is 0 Å². The molecule has 0 aromatic heterocycles. The van der Waals surface area contributed by atoms with Gasteiger partial charge in [0.25, 0.3) is 0 Å². The van der Waals surface area contributed by atoms with E-state index in [2.05, 4.69) is 0 Å². The van der Waals surface area contributed by atoms with Crippen LogP contribution in [-0.4, -0.2) is 102 Å². The molecule has 0 aromatic rings. The van der Waals surface area contributed by atoms with Gasteiger partial charge in [0.2, 0.25) is 11.6 Å². The summed E-state index contributed by atoms with van der Waals surface area (Å²) in [5, 5.41) is 77.0. The monoisotopic (exact) mass is 326 g/mol. The molecule has 2 heterocycles. The molecule has 0 radical (unpaired) electrons. The van der Waals surface area contributed by atoms with E-state index in [0.717, 1.165) is 0 Å². The number of hydrogen-bond acceptors (Lipinski definition) is 10. The zero-order valence-corrected chi connectivity index (χ0v) is 11.7. The molecule has 0 bridgehead atoms. The maximum Gasteiger partial charge on any atom is 0.218 e. The Balaban J connectivity index is 2.17. The summed E-state index contributed by atoms with van der Waals surface area (Å²) in [5.74, 6) is -4.85. The Hall–Kier alpha value is -0.400. The molecule has 0 spiro atoms. The fourth-order valence-corrected chi connectivity index (χ4v) is 2.81. The van der Waals surface area contributed by atoms with Crippen LogP contribution in [0.2, 0.25) is 0 Å². The van der Waals surface area contributed by atoms with Gasteiger partial charge in [0.15, 0.2) is 0 Å². The van der Waals surface area contributed by atoms with Gasteiger partial charge in [0.05, 0.1) is 37.6 Å². The van der Waals surface area contributed by atoms with E-state index in [1.54, 1.807) is 0 Å². The summed E-state index contributed by atoms with van der Waals surface area (Å²) in [4.78, 5) is 0. The van der Waals surface area contributed by atoms with Crippen LogP contribution in [0.15, 0.2) is 0 Å². The topological polar surface area (TPSA) is 180 Å². The Kier molecular flexibility index (Phi) is 5.09. The smallest absolute Gasteiger partial charge is 0.218 e. The molecule has 2 unspecified atom stereocenters. The van der Waals surface area contributed by atoms with E-state index in [0.29, 0.717) is 0 Å². The van der Waals surface area contributed by atoms with Gasteiger partial charge in [0, 0.05) is 12.8 Å². The lowest BCUT2D eigenvalue weighted by molar-refractivity contribution is -0.382. The largest absolute Gasteiger partial charge is 0.391 e. The van der Waals surface area contributed by atoms with Crippen molar-refractivity contribution in [3.8, 4) is 0 Å². The lowest BCUT2D eigenvalue weighted by atomic mass is 9.87. The van der Waals surface area contributed by atoms with E-state index in [-0.39, 0.29) is 12.8 Å². The lowest BCUT2D eigenvalue weighted by Crippen LogP contribution is -2.66. The van der Waals surface area contributed by atoms with Crippen LogP contribution in [0.5, 0.6) is 0 Å². The molecule has 22 heavy (non-hydrogen) atoms. The molecule has 2 aliphatic heterocycles. The SMILES string of the molecule is OCC1(O)O[C@@H]([C@H]2C[C@@H](O)[C@H](O)C(O)(CO)O2)C[C@H](O)[C@H]1O. The van der Waals surface area contributed by atoms with Gasteiger partial charge >= 0.3 is 0 Å². The Labute approximate surface area is 125 Å². The number of hydrogen-bond donors (Lipinski definition) is 8. The van der Waals surface area contributed by atoms with Gasteiger partial charge in [-0.1, -0.05) is 0 Å². The molecule has 0 saturated carbocycles. The van der Waals surface area contributed by atoms with E-state index in [1.165, 1.54) is 0 Å². The van der Waals surface area contributed by atoms with E-state index in [1.807, 2.05) is 0 Å². The summed E-state index contributed by atoms with van der Waals surface area (Å²) in [6, 6.07) is 0. The molecular weight excluding hydrogens is 304 g/mol. The summed E-state index contributed by atoms with van der Waals surface area (Å²) in [7, 11) is 0. The Morgan fingerprint density at radius 3 is 1.32 bits per heavy atom. The van der Waals surface area contributed by atoms with Crippen LogP contribution >= 0.6 is 0 Å².